The van der Waals surface area contributed by atoms with Gasteiger partial charge in [-0.2, -0.15) is 0 Å². The van der Waals surface area contributed by atoms with Crippen molar-refractivity contribution >= 4 is 10.8 Å². The van der Waals surface area contributed by atoms with Gasteiger partial charge in [-0.1, -0.05) is 19.9 Å². The first-order valence-corrected chi connectivity index (χ1v) is 5.88. The molecule has 1 aliphatic rings. The molecule has 2 nitrogen and oxygen atoms in total. The number of nitrogens with zero attached hydrogens (tertiary/aromatic N) is 1. The maximum absolute atomic E-state index is 11.5. The Balaban J connectivity index is 2.48. The van der Waals surface area contributed by atoms with Crippen LogP contribution in [-0.4, -0.2) is 14.9 Å². The van der Waals surface area contributed by atoms with Crippen LogP contribution in [0.2, 0.25) is 0 Å². The van der Waals surface area contributed by atoms with Gasteiger partial charge in [-0.15, -0.1) is 0 Å². The van der Waals surface area contributed by atoms with Crippen LogP contribution in [0, 0.1) is 0 Å². The van der Waals surface area contributed by atoms with E-state index < -0.39 is 10.8 Å². The first kappa shape index (κ1) is 8.88. The van der Waals surface area contributed by atoms with Gasteiger partial charge in [0, 0.05) is 11.4 Å². The van der Waals surface area contributed by atoms with E-state index in [1.807, 2.05) is 6.07 Å². The van der Waals surface area contributed by atoms with Gasteiger partial charge in [-0.05, 0) is 24.0 Å². The molecule has 0 amide bonds. The highest BCUT2D eigenvalue weighted by molar-refractivity contribution is 7.85. The molecule has 1 aromatic rings. The van der Waals surface area contributed by atoms with E-state index in [0.717, 1.165) is 22.9 Å². The van der Waals surface area contributed by atoms with E-state index in [-0.39, 0.29) is 0 Å². The minimum atomic E-state index is -0.836. The number of fused-ring (bicyclic) bond motifs is 1. The molecule has 2 heterocycles. The molecule has 1 aromatic heterocycles. The molecule has 0 fully saturated rings. The van der Waals surface area contributed by atoms with E-state index >= 15 is 0 Å². The minimum absolute atomic E-state index is 0.419. The summed E-state index contributed by atoms with van der Waals surface area (Å²) in [5, 5.41) is 0.825. The Morgan fingerprint density at radius 1 is 1.46 bits per heavy atom. The Bertz CT molecular complexity index is 360. The van der Waals surface area contributed by atoms with Crippen LogP contribution in [0.15, 0.2) is 17.2 Å². The summed E-state index contributed by atoms with van der Waals surface area (Å²) in [5.74, 6) is 1.17. The summed E-state index contributed by atoms with van der Waals surface area (Å²) in [6.45, 7) is 4.21. The number of hydrogen-bond acceptors (Lipinski definition) is 2. The highest BCUT2D eigenvalue weighted by Crippen LogP contribution is 2.23. The van der Waals surface area contributed by atoms with Crippen molar-refractivity contribution in [1.29, 1.82) is 0 Å². The molecule has 0 saturated carbocycles. The van der Waals surface area contributed by atoms with Crippen LogP contribution in [0.25, 0.3) is 0 Å². The normalized spacial score (nSPS) is 20.7. The molecule has 0 saturated heterocycles. The second-order valence-electron chi connectivity index (χ2n) is 3.65. The Morgan fingerprint density at radius 2 is 2.23 bits per heavy atom. The van der Waals surface area contributed by atoms with Crippen molar-refractivity contribution in [2.75, 3.05) is 5.75 Å². The second kappa shape index (κ2) is 3.22. The lowest BCUT2D eigenvalue weighted by Gasteiger charge is -2.05. The Morgan fingerprint density at radius 3 is 2.92 bits per heavy atom. The van der Waals surface area contributed by atoms with E-state index in [1.165, 1.54) is 5.56 Å². The molecule has 70 valence electrons. The van der Waals surface area contributed by atoms with E-state index in [9.17, 15) is 4.21 Å². The molecule has 13 heavy (non-hydrogen) atoms. The first-order valence-electron chi connectivity index (χ1n) is 4.56. The zero-order valence-corrected chi connectivity index (χ0v) is 8.73. The lowest BCUT2D eigenvalue weighted by Crippen LogP contribution is -1.98. The number of aromatic nitrogens is 1. The maximum Gasteiger partial charge on any atom is 0.130 e. The van der Waals surface area contributed by atoms with Crippen molar-refractivity contribution in [3.8, 4) is 0 Å². The van der Waals surface area contributed by atoms with Crippen molar-refractivity contribution < 1.29 is 4.21 Å². The van der Waals surface area contributed by atoms with Crippen LogP contribution in [-0.2, 0) is 17.2 Å². The summed E-state index contributed by atoms with van der Waals surface area (Å²) in [4.78, 5) is 4.43. The second-order valence-corrected chi connectivity index (χ2v) is 5.14. The molecular formula is C10H13NOS. The molecule has 1 unspecified atom stereocenters. The zero-order chi connectivity index (χ0) is 9.42. The van der Waals surface area contributed by atoms with Crippen LogP contribution in [0.4, 0.5) is 0 Å². The molecule has 0 N–H and O–H groups in total. The van der Waals surface area contributed by atoms with Gasteiger partial charge in [-0.25, -0.2) is 4.98 Å². The summed E-state index contributed by atoms with van der Waals surface area (Å²) in [7, 11) is -0.836. The highest BCUT2D eigenvalue weighted by Gasteiger charge is 2.20. The lowest BCUT2D eigenvalue weighted by atomic mass is 10.1. The monoisotopic (exact) mass is 195 g/mol. The topological polar surface area (TPSA) is 30.0 Å². The number of pyridine rings is 1. The van der Waals surface area contributed by atoms with Crippen molar-refractivity contribution in [3.05, 3.63) is 23.4 Å². The van der Waals surface area contributed by atoms with E-state index in [2.05, 4.69) is 24.9 Å². The third-order valence-corrected chi connectivity index (χ3v) is 3.68. The first-order chi connectivity index (χ1) is 6.18. The van der Waals surface area contributed by atoms with Gasteiger partial charge in [0.1, 0.15) is 5.03 Å². The third kappa shape index (κ3) is 1.53. The molecule has 3 heteroatoms. The maximum atomic E-state index is 11.5. The van der Waals surface area contributed by atoms with E-state index in [4.69, 9.17) is 0 Å². The molecule has 0 radical (unpaired) electrons. The Hall–Kier alpha value is -0.700. The van der Waals surface area contributed by atoms with Crippen LogP contribution in [0.1, 0.15) is 31.0 Å². The Labute approximate surface area is 80.8 Å². The SMILES string of the molecule is CC(C)c1ccc2c(n1)S(=O)CC2. The van der Waals surface area contributed by atoms with Crippen LogP contribution >= 0.6 is 0 Å². The quantitative estimate of drug-likeness (QED) is 0.684. The van der Waals surface area contributed by atoms with Gasteiger partial charge in [-0.3, -0.25) is 4.21 Å². The standard InChI is InChI=1S/C10H13NOS/c1-7(2)9-4-3-8-5-6-13(12)10(8)11-9/h3-4,7H,5-6H2,1-2H3. The minimum Gasteiger partial charge on any atom is -0.253 e. The summed E-state index contributed by atoms with van der Waals surface area (Å²) in [6, 6.07) is 4.12. The van der Waals surface area contributed by atoms with Crippen LogP contribution < -0.4 is 0 Å². The van der Waals surface area contributed by atoms with Gasteiger partial charge in [0.25, 0.3) is 0 Å². The van der Waals surface area contributed by atoms with Gasteiger partial charge < -0.3 is 0 Å². The van der Waals surface area contributed by atoms with Crippen molar-refractivity contribution in [2.24, 2.45) is 0 Å². The van der Waals surface area contributed by atoms with Gasteiger partial charge in [0.2, 0.25) is 0 Å². The number of aryl methyl sites for hydroxylation is 1. The molecule has 0 bridgehead atoms. The van der Waals surface area contributed by atoms with Crippen molar-refractivity contribution in [2.45, 2.75) is 31.2 Å². The van der Waals surface area contributed by atoms with E-state index in [1.54, 1.807) is 0 Å². The van der Waals surface area contributed by atoms with Gasteiger partial charge in [0.15, 0.2) is 0 Å². The molecule has 1 aliphatic heterocycles. The van der Waals surface area contributed by atoms with Crippen molar-refractivity contribution in [1.82, 2.24) is 4.98 Å². The molecular weight excluding hydrogens is 182 g/mol. The molecule has 1 atom stereocenters. The summed E-state index contributed by atoms with van der Waals surface area (Å²) in [5.41, 5.74) is 2.22. The van der Waals surface area contributed by atoms with E-state index in [0.29, 0.717) is 5.92 Å². The fraction of sp³-hybridized carbons (Fsp3) is 0.500. The molecule has 0 spiro atoms. The predicted octanol–water partition coefficient (Wildman–Crippen LogP) is 1.87. The molecule has 2 rings (SSSR count). The smallest absolute Gasteiger partial charge is 0.130 e. The van der Waals surface area contributed by atoms with Crippen molar-refractivity contribution in [3.63, 3.8) is 0 Å². The predicted molar refractivity (Wildman–Crippen MR) is 53.3 cm³/mol. The fourth-order valence-corrected chi connectivity index (χ4v) is 2.76. The average Bonchev–Trinajstić information content (AvgIpc) is 2.47. The third-order valence-electron chi connectivity index (χ3n) is 2.32. The average molecular weight is 195 g/mol. The highest BCUT2D eigenvalue weighted by atomic mass is 32.2. The Kier molecular flexibility index (Phi) is 2.20. The number of hydrogen-bond donors (Lipinski definition) is 0. The van der Waals surface area contributed by atoms with Gasteiger partial charge >= 0.3 is 0 Å². The molecule has 0 aliphatic carbocycles. The lowest BCUT2D eigenvalue weighted by molar-refractivity contribution is 0.682. The molecule has 0 aromatic carbocycles. The fourth-order valence-electron chi connectivity index (χ4n) is 1.49. The van der Waals surface area contributed by atoms with Crippen LogP contribution in [0.3, 0.4) is 0 Å². The summed E-state index contributed by atoms with van der Waals surface area (Å²) >= 11 is 0. The number of rotatable bonds is 1. The van der Waals surface area contributed by atoms with Crippen LogP contribution in [0.5, 0.6) is 0 Å². The largest absolute Gasteiger partial charge is 0.253 e. The summed E-state index contributed by atoms with van der Waals surface area (Å²) < 4.78 is 11.5. The zero-order valence-electron chi connectivity index (χ0n) is 7.91. The summed E-state index contributed by atoms with van der Waals surface area (Å²) in [6.07, 6.45) is 0.924. The van der Waals surface area contributed by atoms with Gasteiger partial charge in [0.05, 0.1) is 10.8 Å².